The van der Waals surface area contributed by atoms with Crippen LogP contribution in [0.4, 0.5) is 0 Å². The zero-order valence-corrected chi connectivity index (χ0v) is 13.2. The second kappa shape index (κ2) is 6.89. The van der Waals surface area contributed by atoms with E-state index in [9.17, 15) is 9.90 Å². The molecule has 2 aromatic heterocycles. The summed E-state index contributed by atoms with van der Waals surface area (Å²) in [6.45, 7) is 6.53. The van der Waals surface area contributed by atoms with Gasteiger partial charge in [-0.05, 0) is 44.9 Å². The lowest BCUT2D eigenvalue weighted by atomic mass is 10.1. The van der Waals surface area contributed by atoms with Crippen molar-refractivity contribution in [3.63, 3.8) is 0 Å². The number of aromatic nitrogens is 2. The normalized spacial score (nSPS) is 11.8. The summed E-state index contributed by atoms with van der Waals surface area (Å²) in [5.41, 5.74) is 1.32. The molecule has 2 rings (SSSR count). The van der Waals surface area contributed by atoms with Gasteiger partial charge in [-0.3, -0.25) is 4.40 Å². The van der Waals surface area contributed by atoms with Gasteiger partial charge in [0.1, 0.15) is 5.65 Å². The van der Waals surface area contributed by atoms with Crippen LogP contribution in [0.3, 0.4) is 0 Å². The Hall–Kier alpha value is -1.92. The molecule has 0 fully saturated rings. The van der Waals surface area contributed by atoms with Crippen LogP contribution in [-0.2, 0) is 16.1 Å². The number of fused-ring (bicyclic) bond motifs is 1. The number of ether oxygens (including phenoxy) is 2. The van der Waals surface area contributed by atoms with Crippen molar-refractivity contribution in [2.45, 2.75) is 39.4 Å². The minimum Gasteiger partial charge on any atom is -0.461 e. The molecule has 0 radical (unpaired) electrons. The summed E-state index contributed by atoms with van der Waals surface area (Å²) in [6, 6.07) is 3.74. The largest absolute Gasteiger partial charge is 0.461 e. The number of carbonyl (C=O) groups excluding carboxylic acids is 1. The summed E-state index contributed by atoms with van der Waals surface area (Å²) in [6.07, 6.45) is 3.86. The van der Waals surface area contributed by atoms with Gasteiger partial charge in [-0.15, -0.1) is 0 Å². The van der Waals surface area contributed by atoms with Gasteiger partial charge in [-0.1, -0.05) is 0 Å². The number of esters is 1. The standard InChI is InChI=1S/C16H22N2O4/c1-4-22-15(19)13-10-17-14-9-12(5-7-18(13)14)11-21-8-6-16(2,3)20/h5,7,9-10,20H,4,6,8,11H2,1-3H3. The smallest absolute Gasteiger partial charge is 0.356 e. The van der Waals surface area contributed by atoms with Crippen LogP contribution in [0, 0.1) is 0 Å². The van der Waals surface area contributed by atoms with Crippen molar-refractivity contribution in [3.8, 4) is 0 Å². The van der Waals surface area contributed by atoms with Gasteiger partial charge in [0, 0.05) is 12.8 Å². The average molecular weight is 306 g/mol. The Morgan fingerprint density at radius 2 is 2.23 bits per heavy atom. The molecular weight excluding hydrogens is 284 g/mol. The molecule has 6 heteroatoms. The minimum absolute atomic E-state index is 0.333. The number of aliphatic hydroxyl groups is 1. The van der Waals surface area contributed by atoms with Gasteiger partial charge in [0.05, 0.1) is 25.0 Å². The van der Waals surface area contributed by atoms with Gasteiger partial charge < -0.3 is 14.6 Å². The van der Waals surface area contributed by atoms with Crippen molar-refractivity contribution in [3.05, 3.63) is 35.8 Å². The van der Waals surface area contributed by atoms with Gasteiger partial charge in [0.15, 0.2) is 5.69 Å². The van der Waals surface area contributed by atoms with Crippen molar-refractivity contribution in [1.29, 1.82) is 0 Å². The van der Waals surface area contributed by atoms with Crippen molar-refractivity contribution in [2.75, 3.05) is 13.2 Å². The Morgan fingerprint density at radius 3 is 2.91 bits per heavy atom. The number of hydrogen-bond acceptors (Lipinski definition) is 5. The number of rotatable bonds is 7. The highest BCUT2D eigenvalue weighted by Crippen LogP contribution is 2.13. The first-order valence-electron chi connectivity index (χ1n) is 7.34. The van der Waals surface area contributed by atoms with Crippen LogP contribution in [-0.4, -0.2) is 39.3 Å². The Bertz CT molecular complexity index is 643. The molecule has 0 saturated heterocycles. The van der Waals surface area contributed by atoms with Gasteiger partial charge in [-0.25, -0.2) is 9.78 Å². The molecular formula is C16H22N2O4. The third kappa shape index (κ3) is 4.29. The maximum absolute atomic E-state index is 11.8. The molecule has 0 amide bonds. The first-order valence-corrected chi connectivity index (χ1v) is 7.34. The fourth-order valence-corrected chi connectivity index (χ4v) is 1.98. The minimum atomic E-state index is -0.721. The highest BCUT2D eigenvalue weighted by Gasteiger charge is 2.14. The second-order valence-electron chi connectivity index (χ2n) is 5.74. The van der Waals surface area contributed by atoms with Crippen LogP contribution >= 0.6 is 0 Å². The molecule has 0 aliphatic heterocycles. The van der Waals surface area contributed by atoms with E-state index in [1.165, 1.54) is 6.20 Å². The summed E-state index contributed by atoms with van der Waals surface area (Å²) >= 11 is 0. The second-order valence-corrected chi connectivity index (χ2v) is 5.74. The SMILES string of the molecule is CCOC(=O)c1cnc2cc(COCCC(C)(C)O)ccn12. The quantitative estimate of drug-likeness (QED) is 0.627. The van der Waals surface area contributed by atoms with Crippen molar-refractivity contribution in [1.82, 2.24) is 9.38 Å². The topological polar surface area (TPSA) is 73.1 Å². The monoisotopic (exact) mass is 306 g/mol. The van der Waals surface area contributed by atoms with E-state index in [0.29, 0.717) is 37.6 Å². The zero-order valence-electron chi connectivity index (χ0n) is 13.2. The first-order chi connectivity index (χ1) is 10.4. The Kier molecular flexibility index (Phi) is 5.15. The summed E-state index contributed by atoms with van der Waals surface area (Å²) in [7, 11) is 0. The lowest BCUT2D eigenvalue weighted by Gasteiger charge is -2.16. The van der Waals surface area contributed by atoms with E-state index in [1.807, 2.05) is 12.1 Å². The van der Waals surface area contributed by atoms with Gasteiger partial charge in [-0.2, -0.15) is 0 Å². The van der Waals surface area contributed by atoms with Crippen LogP contribution in [0.25, 0.3) is 5.65 Å². The molecule has 0 spiro atoms. The van der Waals surface area contributed by atoms with E-state index >= 15 is 0 Å². The molecule has 0 saturated carbocycles. The molecule has 1 N–H and O–H groups in total. The molecule has 0 aromatic carbocycles. The summed E-state index contributed by atoms with van der Waals surface area (Å²) in [4.78, 5) is 16.0. The number of hydrogen-bond donors (Lipinski definition) is 1. The predicted octanol–water partition coefficient (Wildman–Crippen LogP) is 2.19. The molecule has 22 heavy (non-hydrogen) atoms. The maximum Gasteiger partial charge on any atom is 0.356 e. The molecule has 0 aliphatic carbocycles. The molecule has 6 nitrogen and oxygen atoms in total. The van der Waals surface area contributed by atoms with Crippen LogP contribution in [0.2, 0.25) is 0 Å². The Balaban J connectivity index is 2.01. The van der Waals surface area contributed by atoms with E-state index in [4.69, 9.17) is 9.47 Å². The van der Waals surface area contributed by atoms with E-state index < -0.39 is 5.60 Å². The third-order valence-corrected chi connectivity index (χ3v) is 3.19. The fourth-order valence-electron chi connectivity index (χ4n) is 1.98. The van der Waals surface area contributed by atoms with E-state index in [0.717, 1.165) is 5.56 Å². The predicted molar refractivity (Wildman–Crippen MR) is 81.7 cm³/mol. The summed E-state index contributed by atoms with van der Waals surface area (Å²) in [5.74, 6) is -0.385. The van der Waals surface area contributed by atoms with Gasteiger partial charge >= 0.3 is 5.97 Å². The number of nitrogens with zero attached hydrogens (tertiary/aromatic N) is 2. The molecule has 0 bridgehead atoms. The highest BCUT2D eigenvalue weighted by molar-refractivity contribution is 5.88. The van der Waals surface area contributed by atoms with Crippen LogP contribution in [0.15, 0.2) is 24.5 Å². The number of imidazole rings is 1. The van der Waals surface area contributed by atoms with Crippen LogP contribution in [0.5, 0.6) is 0 Å². The lowest BCUT2D eigenvalue weighted by Crippen LogP contribution is -2.20. The summed E-state index contributed by atoms with van der Waals surface area (Å²) < 4.78 is 12.2. The molecule has 2 aromatic rings. The van der Waals surface area contributed by atoms with Gasteiger partial charge in [0.25, 0.3) is 0 Å². The lowest BCUT2D eigenvalue weighted by molar-refractivity contribution is 0.0237. The van der Waals surface area contributed by atoms with Crippen molar-refractivity contribution < 1.29 is 19.4 Å². The summed E-state index contributed by atoms with van der Waals surface area (Å²) in [5, 5.41) is 9.62. The van der Waals surface area contributed by atoms with Crippen molar-refractivity contribution >= 4 is 11.6 Å². The number of carbonyl (C=O) groups is 1. The van der Waals surface area contributed by atoms with Crippen molar-refractivity contribution in [2.24, 2.45) is 0 Å². The van der Waals surface area contributed by atoms with Crippen LogP contribution < -0.4 is 0 Å². The molecule has 0 aliphatic rings. The zero-order chi connectivity index (χ0) is 16.2. The number of pyridine rings is 1. The van der Waals surface area contributed by atoms with E-state index in [1.54, 1.807) is 31.4 Å². The molecule has 2 heterocycles. The Morgan fingerprint density at radius 1 is 1.45 bits per heavy atom. The first kappa shape index (κ1) is 16.5. The third-order valence-electron chi connectivity index (χ3n) is 3.19. The maximum atomic E-state index is 11.8. The van der Waals surface area contributed by atoms with Gasteiger partial charge in [0.2, 0.25) is 0 Å². The molecule has 0 atom stereocenters. The molecule has 120 valence electrons. The van der Waals surface area contributed by atoms with E-state index in [2.05, 4.69) is 4.98 Å². The fraction of sp³-hybridized carbons (Fsp3) is 0.500. The Labute approximate surface area is 129 Å². The van der Waals surface area contributed by atoms with Crippen LogP contribution in [0.1, 0.15) is 43.2 Å². The molecule has 0 unspecified atom stereocenters. The van der Waals surface area contributed by atoms with E-state index in [-0.39, 0.29) is 5.97 Å². The highest BCUT2D eigenvalue weighted by atomic mass is 16.5. The average Bonchev–Trinajstić information content (AvgIpc) is 2.86.